The number of amides is 2. The zero-order valence-corrected chi connectivity index (χ0v) is 10.9. The summed E-state index contributed by atoms with van der Waals surface area (Å²) in [5.41, 5.74) is -0.118. The maximum absolute atomic E-state index is 13.4. The van der Waals surface area contributed by atoms with Crippen molar-refractivity contribution in [2.75, 3.05) is 5.32 Å². The van der Waals surface area contributed by atoms with Crippen LogP contribution in [0.1, 0.15) is 5.76 Å². The van der Waals surface area contributed by atoms with Gasteiger partial charge in [0.25, 0.3) is 0 Å². The van der Waals surface area contributed by atoms with Crippen molar-refractivity contribution in [3.05, 3.63) is 53.2 Å². The van der Waals surface area contributed by atoms with Crippen LogP contribution in [0.25, 0.3) is 0 Å². The van der Waals surface area contributed by atoms with E-state index >= 15 is 0 Å². The van der Waals surface area contributed by atoms with Crippen LogP contribution in [-0.2, 0) is 16.1 Å². The molecule has 2 rings (SSSR count). The van der Waals surface area contributed by atoms with Gasteiger partial charge in [-0.1, -0.05) is 11.6 Å². The number of halogens is 2. The number of hydrogen-bond acceptors (Lipinski definition) is 3. The Bertz CT molecular complexity index is 629. The molecule has 0 atom stereocenters. The number of furan rings is 1. The second-order valence-corrected chi connectivity index (χ2v) is 4.28. The van der Waals surface area contributed by atoms with Crippen LogP contribution in [-0.4, -0.2) is 11.8 Å². The van der Waals surface area contributed by atoms with Crippen LogP contribution < -0.4 is 10.6 Å². The third-order valence-electron chi connectivity index (χ3n) is 2.39. The first kappa shape index (κ1) is 14.1. The van der Waals surface area contributed by atoms with Crippen LogP contribution in [0.4, 0.5) is 10.1 Å². The Kier molecular flexibility index (Phi) is 4.37. The first-order chi connectivity index (χ1) is 9.56. The fourth-order valence-electron chi connectivity index (χ4n) is 1.43. The molecule has 2 N–H and O–H groups in total. The van der Waals surface area contributed by atoms with Crippen LogP contribution in [0.15, 0.2) is 41.0 Å². The summed E-state index contributed by atoms with van der Waals surface area (Å²) in [6.07, 6.45) is 1.45. The van der Waals surface area contributed by atoms with Gasteiger partial charge in [0.05, 0.1) is 18.5 Å². The Morgan fingerprint density at radius 2 is 2.05 bits per heavy atom. The molecule has 0 spiro atoms. The molecule has 1 heterocycles. The molecule has 0 unspecified atom stereocenters. The summed E-state index contributed by atoms with van der Waals surface area (Å²) in [5, 5.41) is 4.69. The highest BCUT2D eigenvalue weighted by atomic mass is 35.5. The molecule has 0 aliphatic heterocycles. The molecule has 5 nitrogen and oxygen atoms in total. The molecule has 0 saturated heterocycles. The Morgan fingerprint density at radius 3 is 2.70 bits per heavy atom. The topological polar surface area (TPSA) is 71.3 Å². The molecule has 0 radical (unpaired) electrons. The van der Waals surface area contributed by atoms with Gasteiger partial charge in [-0.3, -0.25) is 9.59 Å². The smallest absolute Gasteiger partial charge is 0.313 e. The molecule has 7 heteroatoms. The van der Waals surface area contributed by atoms with Gasteiger partial charge in [-0.25, -0.2) is 4.39 Å². The van der Waals surface area contributed by atoms with Crippen molar-refractivity contribution in [2.45, 2.75) is 6.54 Å². The molecule has 2 aromatic rings. The summed E-state index contributed by atoms with van der Waals surface area (Å²) in [6, 6.07) is 7.02. The third-order valence-corrected chi connectivity index (χ3v) is 2.62. The number of hydrogen-bond donors (Lipinski definition) is 2. The van der Waals surface area contributed by atoms with Crippen molar-refractivity contribution in [2.24, 2.45) is 0 Å². The Labute approximate surface area is 118 Å². The standard InChI is InChI=1S/C13H10ClFN2O3/c14-8-3-4-11(10(15)6-8)17-13(19)12(18)16-7-9-2-1-5-20-9/h1-6H,7H2,(H,16,18)(H,17,19). The van der Waals surface area contributed by atoms with Crippen molar-refractivity contribution >= 4 is 29.1 Å². The van der Waals surface area contributed by atoms with E-state index in [1.807, 2.05) is 0 Å². The van der Waals surface area contributed by atoms with Gasteiger partial charge in [-0.15, -0.1) is 0 Å². The minimum Gasteiger partial charge on any atom is -0.467 e. The van der Waals surface area contributed by atoms with E-state index in [1.165, 1.54) is 18.4 Å². The number of anilines is 1. The lowest BCUT2D eigenvalue weighted by Gasteiger charge is -2.06. The Morgan fingerprint density at radius 1 is 1.25 bits per heavy atom. The van der Waals surface area contributed by atoms with Crippen molar-refractivity contribution in [1.29, 1.82) is 0 Å². The summed E-state index contributed by atoms with van der Waals surface area (Å²) in [5.74, 6) is -2.08. The van der Waals surface area contributed by atoms with Gasteiger partial charge < -0.3 is 15.1 Å². The van der Waals surface area contributed by atoms with E-state index in [1.54, 1.807) is 12.1 Å². The zero-order chi connectivity index (χ0) is 14.5. The fraction of sp³-hybridized carbons (Fsp3) is 0.0769. The summed E-state index contributed by atoms with van der Waals surface area (Å²) in [4.78, 5) is 23.1. The van der Waals surface area contributed by atoms with E-state index in [-0.39, 0.29) is 17.3 Å². The average molecular weight is 297 g/mol. The molecule has 2 amide bonds. The minimum absolute atomic E-state index is 0.0718. The van der Waals surface area contributed by atoms with Gasteiger partial charge in [0.2, 0.25) is 0 Å². The summed E-state index contributed by atoms with van der Waals surface area (Å²) in [6.45, 7) is 0.0718. The SMILES string of the molecule is O=C(NCc1ccco1)C(=O)Nc1ccc(Cl)cc1F. The normalized spacial score (nSPS) is 10.1. The van der Waals surface area contributed by atoms with Crippen LogP contribution in [0.5, 0.6) is 0 Å². The zero-order valence-electron chi connectivity index (χ0n) is 10.2. The number of carbonyl (C=O) groups excluding carboxylic acids is 2. The lowest BCUT2D eigenvalue weighted by atomic mass is 10.3. The quantitative estimate of drug-likeness (QED) is 0.854. The van der Waals surface area contributed by atoms with Gasteiger partial charge in [0.1, 0.15) is 11.6 Å². The lowest BCUT2D eigenvalue weighted by Crippen LogP contribution is -2.35. The minimum atomic E-state index is -0.974. The summed E-state index contributed by atoms with van der Waals surface area (Å²) < 4.78 is 18.4. The molecule has 0 bridgehead atoms. The number of rotatable bonds is 3. The molecular formula is C13H10ClFN2O3. The van der Waals surface area contributed by atoms with Crippen molar-refractivity contribution in [3.8, 4) is 0 Å². The number of nitrogens with one attached hydrogen (secondary N) is 2. The van der Waals surface area contributed by atoms with Crippen LogP contribution >= 0.6 is 11.6 Å². The highest BCUT2D eigenvalue weighted by Gasteiger charge is 2.15. The second-order valence-electron chi connectivity index (χ2n) is 3.84. The first-order valence-electron chi connectivity index (χ1n) is 5.63. The van der Waals surface area contributed by atoms with E-state index < -0.39 is 17.6 Å². The maximum atomic E-state index is 13.4. The van der Waals surface area contributed by atoms with Gasteiger partial charge >= 0.3 is 11.8 Å². The van der Waals surface area contributed by atoms with Gasteiger partial charge in [-0.05, 0) is 30.3 Å². The lowest BCUT2D eigenvalue weighted by molar-refractivity contribution is -0.136. The van der Waals surface area contributed by atoms with Gasteiger partial charge in [-0.2, -0.15) is 0 Å². The molecule has 0 saturated carbocycles. The summed E-state index contributed by atoms with van der Waals surface area (Å²) >= 11 is 5.58. The van der Waals surface area contributed by atoms with E-state index in [4.69, 9.17) is 16.0 Å². The van der Waals surface area contributed by atoms with E-state index in [2.05, 4.69) is 10.6 Å². The number of benzene rings is 1. The number of carbonyl (C=O) groups is 2. The third kappa shape index (κ3) is 3.58. The van der Waals surface area contributed by atoms with Crippen molar-refractivity contribution in [3.63, 3.8) is 0 Å². The average Bonchev–Trinajstić information content (AvgIpc) is 2.92. The molecule has 1 aromatic heterocycles. The molecule has 0 fully saturated rings. The van der Waals surface area contributed by atoms with Gasteiger partial charge in [0.15, 0.2) is 0 Å². The second kappa shape index (κ2) is 6.21. The van der Waals surface area contributed by atoms with Crippen molar-refractivity contribution in [1.82, 2.24) is 5.32 Å². The van der Waals surface area contributed by atoms with Crippen LogP contribution in [0.2, 0.25) is 5.02 Å². The monoisotopic (exact) mass is 296 g/mol. The predicted octanol–water partition coefficient (Wildman–Crippen LogP) is 2.33. The molecular weight excluding hydrogens is 287 g/mol. The van der Waals surface area contributed by atoms with Crippen LogP contribution in [0.3, 0.4) is 0 Å². The predicted molar refractivity (Wildman–Crippen MR) is 70.6 cm³/mol. The summed E-state index contributed by atoms with van der Waals surface area (Å²) in [7, 11) is 0. The molecule has 0 aliphatic rings. The molecule has 1 aromatic carbocycles. The molecule has 20 heavy (non-hydrogen) atoms. The molecule has 104 valence electrons. The first-order valence-corrected chi connectivity index (χ1v) is 6.00. The van der Waals surface area contributed by atoms with E-state index in [0.29, 0.717) is 5.76 Å². The van der Waals surface area contributed by atoms with Crippen molar-refractivity contribution < 1.29 is 18.4 Å². The highest BCUT2D eigenvalue weighted by molar-refractivity contribution is 6.39. The highest BCUT2D eigenvalue weighted by Crippen LogP contribution is 2.18. The van der Waals surface area contributed by atoms with Crippen LogP contribution in [0, 0.1) is 5.82 Å². The molecule has 0 aliphatic carbocycles. The maximum Gasteiger partial charge on any atom is 0.313 e. The fourth-order valence-corrected chi connectivity index (χ4v) is 1.59. The van der Waals surface area contributed by atoms with E-state index in [9.17, 15) is 14.0 Å². The largest absolute Gasteiger partial charge is 0.467 e. The Balaban J connectivity index is 1.92. The van der Waals surface area contributed by atoms with E-state index in [0.717, 1.165) is 6.07 Å². The Hall–Kier alpha value is -2.34. The van der Waals surface area contributed by atoms with Gasteiger partial charge in [0, 0.05) is 5.02 Å².